The molecule has 0 amide bonds. The molecule has 0 saturated carbocycles. The molecule has 5 heteroatoms. The molecule has 0 aromatic heterocycles. The van der Waals surface area contributed by atoms with Crippen LogP contribution in [0, 0.1) is 5.41 Å². The lowest BCUT2D eigenvalue weighted by molar-refractivity contribution is -0.152. The van der Waals surface area contributed by atoms with E-state index in [0.717, 1.165) is 18.7 Å². The molecule has 0 atom stereocenters. The Morgan fingerprint density at radius 3 is 2.57 bits per heavy atom. The highest BCUT2D eigenvalue weighted by atomic mass is 16.5. The zero-order chi connectivity index (χ0) is 15.5. The van der Waals surface area contributed by atoms with Crippen molar-refractivity contribution < 1.29 is 19.7 Å². The van der Waals surface area contributed by atoms with Crippen LogP contribution in [0.3, 0.4) is 0 Å². The first-order valence-corrected chi connectivity index (χ1v) is 7.33. The second-order valence-electron chi connectivity index (χ2n) is 5.68. The van der Waals surface area contributed by atoms with Crippen LogP contribution in [-0.4, -0.2) is 41.3 Å². The fourth-order valence-electron chi connectivity index (χ4n) is 2.96. The van der Waals surface area contributed by atoms with Gasteiger partial charge in [-0.1, -0.05) is 19.1 Å². The van der Waals surface area contributed by atoms with E-state index in [1.807, 2.05) is 19.1 Å². The second kappa shape index (κ2) is 6.35. The normalized spacial score (nSPS) is 18.4. The average molecular weight is 293 g/mol. The predicted octanol–water partition coefficient (Wildman–Crippen LogP) is 2.48. The van der Waals surface area contributed by atoms with Crippen molar-refractivity contribution in [3.05, 3.63) is 23.8 Å². The smallest absolute Gasteiger partial charge is 0.309 e. The lowest BCUT2D eigenvalue weighted by Crippen LogP contribution is -2.43. The van der Waals surface area contributed by atoms with Gasteiger partial charge in [0.25, 0.3) is 0 Å². The van der Waals surface area contributed by atoms with Crippen LogP contribution in [0.1, 0.15) is 31.7 Å². The van der Waals surface area contributed by atoms with Gasteiger partial charge in [0.1, 0.15) is 0 Å². The largest absolute Gasteiger partial charge is 0.504 e. The monoisotopic (exact) mass is 293 g/mol. The van der Waals surface area contributed by atoms with Crippen molar-refractivity contribution in [3.63, 3.8) is 0 Å². The highest BCUT2D eigenvalue weighted by Crippen LogP contribution is 2.37. The van der Waals surface area contributed by atoms with E-state index in [4.69, 9.17) is 4.74 Å². The highest BCUT2D eigenvalue weighted by molar-refractivity contribution is 5.74. The summed E-state index contributed by atoms with van der Waals surface area (Å²) in [4.78, 5) is 13.6. The first kappa shape index (κ1) is 15.6. The van der Waals surface area contributed by atoms with Crippen molar-refractivity contribution in [1.29, 1.82) is 0 Å². The number of carbonyl (C=O) groups is 1. The quantitative estimate of drug-likeness (QED) is 0.873. The number of ether oxygens (including phenoxy) is 1. The molecule has 5 nitrogen and oxygen atoms in total. The van der Waals surface area contributed by atoms with Crippen LogP contribution in [0.2, 0.25) is 0 Å². The summed E-state index contributed by atoms with van der Waals surface area (Å²) in [5.41, 5.74) is 0.237. The summed E-state index contributed by atoms with van der Waals surface area (Å²) >= 11 is 0. The second-order valence-corrected chi connectivity index (χ2v) is 5.68. The maximum Gasteiger partial charge on any atom is 0.309 e. The molecular weight excluding hydrogens is 270 g/mol. The Morgan fingerprint density at radius 1 is 1.38 bits per heavy atom. The van der Waals surface area contributed by atoms with Gasteiger partial charge in [-0.25, -0.2) is 0 Å². The summed E-state index contributed by atoms with van der Waals surface area (Å²) < 4.78 is 5.11. The Bertz CT molecular complexity index is 507. The Labute approximate surface area is 125 Å². The first-order valence-electron chi connectivity index (χ1n) is 7.33. The lowest BCUT2D eigenvalue weighted by atomic mass is 9.76. The molecule has 0 unspecified atom stereocenters. The predicted molar refractivity (Wildman–Crippen MR) is 79.5 cm³/mol. The summed E-state index contributed by atoms with van der Waals surface area (Å²) in [7, 11) is 1.53. The van der Waals surface area contributed by atoms with Crippen LogP contribution < -0.4 is 4.74 Å². The molecule has 0 bridgehead atoms. The Balaban J connectivity index is 2.03. The molecule has 1 fully saturated rings. The summed E-state index contributed by atoms with van der Waals surface area (Å²) in [5, 5.41) is 19.5. The van der Waals surface area contributed by atoms with Crippen LogP contribution >= 0.6 is 0 Å². The number of likely N-dealkylation sites (tertiary alicyclic amines) is 1. The number of hydrogen-bond acceptors (Lipinski definition) is 4. The van der Waals surface area contributed by atoms with Gasteiger partial charge >= 0.3 is 5.97 Å². The van der Waals surface area contributed by atoms with Gasteiger partial charge in [-0.3, -0.25) is 9.69 Å². The van der Waals surface area contributed by atoms with Crippen molar-refractivity contribution in [1.82, 2.24) is 4.90 Å². The van der Waals surface area contributed by atoms with Gasteiger partial charge in [-0.2, -0.15) is 0 Å². The maximum atomic E-state index is 11.4. The number of para-hydroxylation sites is 1. The Hall–Kier alpha value is -1.75. The summed E-state index contributed by atoms with van der Waals surface area (Å²) in [6, 6.07) is 5.45. The van der Waals surface area contributed by atoms with Gasteiger partial charge in [-0.05, 0) is 38.4 Å². The fraction of sp³-hybridized carbons (Fsp3) is 0.562. The summed E-state index contributed by atoms with van der Waals surface area (Å²) in [6.07, 6.45) is 1.98. The minimum absolute atomic E-state index is 0.172. The number of carboxylic acid groups (broad SMARTS) is 1. The third-order valence-corrected chi connectivity index (χ3v) is 4.64. The van der Waals surface area contributed by atoms with Crippen molar-refractivity contribution in [2.75, 3.05) is 20.2 Å². The number of rotatable bonds is 5. The average Bonchev–Trinajstić information content (AvgIpc) is 2.50. The van der Waals surface area contributed by atoms with Gasteiger partial charge in [0.15, 0.2) is 11.5 Å². The number of piperidine rings is 1. The minimum atomic E-state index is -0.686. The summed E-state index contributed by atoms with van der Waals surface area (Å²) in [5.74, 6) is -0.0441. The number of aromatic hydroxyl groups is 1. The summed E-state index contributed by atoms with van der Waals surface area (Å²) in [6.45, 7) is 4.02. The third-order valence-electron chi connectivity index (χ3n) is 4.64. The number of phenolic OH excluding ortho intramolecular Hbond substituents is 1. The molecule has 1 aromatic rings. The van der Waals surface area contributed by atoms with Gasteiger partial charge in [0, 0.05) is 12.1 Å². The number of aliphatic carboxylic acids is 1. The van der Waals surface area contributed by atoms with Crippen molar-refractivity contribution in [2.45, 2.75) is 32.7 Å². The van der Waals surface area contributed by atoms with Crippen LogP contribution in [0.5, 0.6) is 11.5 Å². The van der Waals surface area contributed by atoms with E-state index in [0.29, 0.717) is 31.6 Å². The van der Waals surface area contributed by atoms with Gasteiger partial charge in [0.2, 0.25) is 0 Å². The molecule has 21 heavy (non-hydrogen) atoms. The van der Waals surface area contributed by atoms with E-state index in [-0.39, 0.29) is 5.75 Å². The zero-order valence-electron chi connectivity index (χ0n) is 12.6. The first-order chi connectivity index (χ1) is 10.0. The SMILES string of the molecule is CCC1(C(=O)O)CCN(Cc2cccc(OC)c2O)CC1. The topological polar surface area (TPSA) is 70.0 Å². The lowest BCUT2D eigenvalue weighted by Gasteiger charge is -2.38. The number of methoxy groups -OCH3 is 1. The zero-order valence-corrected chi connectivity index (χ0v) is 12.6. The molecule has 1 saturated heterocycles. The number of nitrogens with zero attached hydrogens (tertiary/aromatic N) is 1. The minimum Gasteiger partial charge on any atom is -0.504 e. The molecule has 0 spiro atoms. The van der Waals surface area contributed by atoms with E-state index in [9.17, 15) is 15.0 Å². The van der Waals surface area contributed by atoms with E-state index in [1.165, 1.54) is 7.11 Å². The van der Waals surface area contributed by atoms with Crippen molar-refractivity contribution in [2.24, 2.45) is 5.41 Å². The van der Waals surface area contributed by atoms with Gasteiger partial charge < -0.3 is 14.9 Å². The molecule has 0 radical (unpaired) electrons. The Kier molecular flexibility index (Phi) is 4.73. The molecule has 1 aromatic carbocycles. The molecule has 0 aliphatic carbocycles. The molecule has 116 valence electrons. The van der Waals surface area contributed by atoms with E-state index in [2.05, 4.69) is 4.90 Å². The highest BCUT2D eigenvalue weighted by Gasteiger charge is 2.39. The van der Waals surface area contributed by atoms with Crippen LogP contribution in [-0.2, 0) is 11.3 Å². The number of benzene rings is 1. The van der Waals surface area contributed by atoms with E-state index in [1.54, 1.807) is 6.07 Å². The Morgan fingerprint density at radius 2 is 2.05 bits per heavy atom. The number of hydrogen-bond donors (Lipinski definition) is 2. The third kappa shape index (κ3) is 3.13. The molecule has 2 N–H and O–H groups in total. The molecule has 2 rings (SSSR count). The molecule has 1 aliphatic rings. The molecule has 1 heterocycles. The van der Waals surface area contributed by atoms with E-state index >= 15 is 0 Å². The molecular formula is C16H23NO4. The fourth-order valence-corrected chi connectivity index (χ4v) is 2.96. The molecule has 1 aliphatic heterocycles. The van der Waals surface area contributed by atoms with Crippen molar-refractivity contribution in [3.8, 4) is 11.5 Å². The number of carboxylic acids is 1. The van der Waals surface area contributed by atoms with Gasteiger partial charge in [0.05, 0.1) is 12.5 Å². The standard InChI is InChI=1S/C16H23NO4/c1-3-16(15(19)20)7-9-17(10-8-16)11-12-5-4-6-13(21-2)14(12)18/h4-6,18H,3,7-11H2,1-2H3,(H,19,20). The van der Waals surface area contributed by atoms with Gasteiger partial charge in [-0.15, -0.1) is 0 Å². The maximum absolute atomic E-state index is 11.4. The number of phenols is 1. The van der Waals surface area contributed by atoms with Crippen LogP contribution in [0.25, 0.3) is 0 Å². The van der Waals surface area contributed by atoms with Crippen molar-refractivity contribution >= 4 is 5.97 Å². The van der Waals surface area contributed by atoms with Crippen LogP contribution in [0.4, 0.5) is 0 Å². The van der Waals surface area contributed by atoms with E-state index < -0.39 is 11.4 Å². The van der Waals surface area contributed by atoms with Crippen LogP contribution in [0.15, 0.2) is 18.2 Å².